The van der Waals surface area contributed by atoms with E-state index in [4.69, 9.17) is 9.47 Å². The highest BCUT2D eigenvalue weighted by Crippen LogP contribution is 2.28. The molecule has 2 rings (SSSR count). The van der Waals surface area contributed by atoms with Gasteiger partial charge in [0.25, 0.3) is 0 Å². The second-order valence-corrected chi connectivity index (χ2v) is 4.41. The summed E-state index contributed by atoms with van der Waals surface area (Å²) < 4.78 is 11.2. The zero-order chi connectivity index (χ0) is 10.5. The molecule has 1 aliphatic rings. The van der Waals surface area contributed by atoms with Gasteiger partial charge in [-0.05, 0) is 43.0 Å². The molecule has 0 bridgehead atoms. The summed E-state index contributed by atoms with van der Waals surface area (Å²) in [5.74, 6) is 1.98. The monoisotopic (exact) mass is 270 g/mol. The van der Waals surface area contributed by atoms with Crippen LogP contribution in [0.15, 0.2) is 18.2 Å². The maximum absolute atomic E-state index is 5.63. The summed E-state index contributed by atoms with van der Waals surface area (Å²) in [6.45, 7) is 1.61. The van der Waals surface area contributed by atoms with Gasteiger partial charge in [0.1, 0.15) is 11.5 Å². The van der Waals surface area contributed by atoms with Gasteiger partial charge >= 0.3 is 0 Å². The normalized spacial score (nSPS) is 14.2. The SMILES string of the molecule is BrCCCOc1ccc2c(c1)CCCO2. The first-order chi connectivity index (χ1) is 7.40. The van der Waals surface area contributed by atoms with E-state index in [-0.39, 0.29) is 0 Å². The fourth-order valence-corrected chi connectivity index (χ4v) is 1.90. The summed E-state index contributed by atoms with van der Waals surface area (Å²) >= 11 is 3.38. The number of halogens is 1. The highest BCUT2D eigenvalue weighted by molar-refractivity contribution is 9.09. The number of hydrogen-bond acceptors (Lipinski definition) is 2. The molecule has 82 valence electrons. The molecule has 1 aliphatic heterocycles. The number of fused-ring (bicyclic) bond motifs is 1. The molecule has 0 aromatic heterocycles. The third-order valence-corrected chi connectivity index (χ3v) is 2.99. The first-order valence-corrected chi connectivity index (χ1v) is 6.47. The number of ether oxygens (including phenoxy) is 2. The number of rotatable bonds is 4. The Labute approximate surface area is 98.7 Å². The summed E-state index contributed by atoms with van der Waals surface area (Å²) in [5.41, 5.74) is 1.28. The number of hydrogen-bond donors (Lipinski definition) is 0. The standard InChI is InChI=1S/C12H15BrO2/c13-6-2-8-14-11-4-5-12-10(9-11)3-1-7-15-12/h4-5,9H,1-3,6-8H2. The zero-order valence-corrected chi connectivity index (χ0v) is 10.3. The smallest absolute Gasteiger partial charge is 0.122 e. The fourth-order valence-electron chi connectivity index (χ4n) is 1.67. The van der Waals surface area contributed by atoms with E-state index < -0.39 is 0 Å². The van der Waals surface area contributed by atoms with Gasteiger partial charge in [0.15, 0.2) is 0 Å². The van der Waals surface area contributed by atoms with Gasteiger partial charge in [0.2, 0.25) is 0 Å². The topological polar surface area (TPSA) is 18.5 Å². The lowest BCUT2D eigenvalue weighted by Crippen LogP contribution is -2.08. The molecule has 3 heteroatoms. The van der Waals surface area contributed by atoms with Crippen molar-refractivity contribution < 1.29 is 9.47 Å². The fraction of sp³-hybridized carbons (Fsp3) is 0.500. The van der Waals surface area contributed by atoms with Gasteiger partial charge in [0, 0.05) is 5.33 Å². The molecule has 0 atom stereocenters. The lowest BCUT2D eigenvalue weighted by atomic mass is 10.1. The van der Waals surface area contributed by atoms with Crippen molar-refractivity contribution in [2.75, 3.05) is 18.5 Å². The Bertz CT molecular complexity index is 325. The summed E-state index contributed by atoms with van der Waals surface area (Å²) in [7, 11) is 0. The predicted octanol–water partition coefficient (Wildman–Crippen LogP) is 3.18. The molecule has 0 aliphatic carbocycles. The predicted molar refractivity (Wildman–Crippen MR) is 64.2 cm³/mol. The van der Waals surface area contributed by atoms with Crippen LogP contribution in [0.2, 0.25) is 0 Å². The lowest BCUT2D eigenvalue weighted by molar-refractivity contribution is 0.284. The summed E-state index contributed by atoms with van der Waals surface area (Å²) in [6.07, 6.45) is 3.25. The second-order valence-electron chi connectivity index (χ2n) is 3.61. The molecule has 0 saturated carbocycles. The van der Waals surface area contributed by atoms with Crippen molar-refractivity contribution in [1.82, 2.24) is 0 Å². The molecule has 0 spiro atoms. The van der Waals surface area contributed by atoms with Crippen LogP contribution < -0.4 is 9.47 Å². The van der Waals surface area contributed by atoms with E-state index in [0.29, 0.717) is 0 Å². The van der Waals surface area contributed by atoms with Crippen LogP contribution in [0.5, 0.6) is 11.5 Å². The van der Waals surface area contributed by atoms with E-state index in [9.17, 15) is 0 Å². The first kappa shape index (κ1) is 10.8. The van der Waals surface area contributed by atoms with E-state index in [1.54, 1.807) is 0 Å². The lowest BCUT2D eigenvalue weighted by Gasteiger charge is -2.17. The van der Waals surface area contributed by atoms with Crippen LogP contribution >= 0.6 is 15.9 Å². The van der Waals surface area contributed by atoms with Crippen LogP contribution in [-0.2, 0) is 6.42 Å². The molecule has 15 heavy (non-hydrogen) atoms. The average molecular weight is 271 g/mol. The second kappa shape index (κ2) is 5.40. The van der Waals surface area contributed by atoms with Crippen molar-refractivity contribution in [3.63, 3.8) is 0 Å². The summed E-state index contributed by atoms with van der Waals surface area (Å²) in [4.78, 5) is 0. The van der Waals surface area contributed by atoms with Gasteiger partial charge in [-0.3, -0.25) is 0 Å². The summed E-state index contributed by atoms with van der Waals surface area (Å²) in [5, 5.41) is 0.987. The highest BCUT2D eigenvalue weighted by Gasteiger charge is 2.10. The van der Waals surface area contributed by atoms with Crippen molar-refractivity contribution in [1.29, 1.82) is 0 Å². The first-order valence-electron chi connectivity index (χ1n) is 5.34. The number of alkyl halides is 1. The molecule has 0 saturated heterocycles. The molecule has 0 N–H and O–H groups in total. The Morgan fingerprint density at radius 1 is 1.40 bits per heavy atom. The van der Waals surface area contributed by atoms with Gasteiger partial charge < -0.3 is 9.47 Å². The Balaban J connectivity index is 2.00. The van der Waals surface area contributed by atoms with Gasteiger partial charge in [-0.2, -0.15) is 0 Å². The van der Waals surface area contributed by atoms with Gasteiger partial charge in [-0.15, -0.1) is 0 Å². The number of aryl methyl sites for hydroxylation is 1. The van der Waals surface area contributed by atoms with Crippen LogP contribution in [0.3, 0.4) is 0 Å². The minimum absolute atomic E-state index is 0.769. The van der Waals surface area contributed by atoms with Crippen LogP contribution in [0, 0.1) is 0 Å². The Morgan fingerprint density at radius 2 is 2.33 bits per heavy atom. The highest BCUT2D eigenvalue weighted by atomic mass is 79.9. The third-order valence-electron chi connectivity index (χ3n) is 2.43. The quantitative estimate of drug-likeness (QED) is 0.618. The van der Waals surface area contributed by atoms with Crippen molar-refractivity contribution >= 4 is 15.9 Å². The molecular weight excluding hydrogens is 256 g/mol. The van der Waals surface area contributed by atoms with E-state index >= 15 is 0 Å². The van der Waals surface area contributed by atoms with Crippen molar-refractivity contribution in [3.05, 3.63) is 23.8 Å². The third kappa shape index (κ3) is 2.88. The maximum atomic E-state index is 5.63. The van der Waals surface area contributed by atoms with Crippen LogP contribution in [-0.4, -0.2) is 18.5 Å². The van der Waals surface area contributed by atoms with Crippen LogP contribution in [0.1, 0.15) is 18.4 Å². The van der Waals surface area contributed by atoms with Gasteiger partial charge in [-0.25, -0.2) is 0 Å². The Hall–Kier alpha value is -0.700. The van der Waals surface area contributed by atoms with E-state index in [1.165, 1.54) is 5.56 Å². The minimum Gasteiger partial charge on any atom is -0.494 e. The van der Waals surface area contributed by atoms with Crippen molar-refractivity contribution in [2.24, 2.45) is 0 Å². The minimum atomic E-state index is 0.769. The number of benzene rings is 1. The maximum Gasteiger partial charge on any atom is 0.122 e. The largest absolute Gasteiger partial charge is 0.494 e. The molecule has 0 unspecified atom stereocenters. The molecule has 1 heterocycles. The Kier molecular flexibility index (Phi) is 3.89. The molecule has 1 aromatic carbocycles. The van der Waals surface area contributed by atoms with Crippen molar-refractivity contribution in [3.8, 4) is 11.5 Å². The van der Waals surface area contributed by atoms with E-state index in [2.05, 4.69) is 22.0 Å². The van der Waals surface area contributed by atoms with Crippen LogP contribution in [0.25, 0.3) is 0 Å². The van der Waals surface area contributed by atoms with E-state index in [1.807, 2.05) is 12.1 Å². The molecule has 2 nitrogen and oxygen atoms in total. The molecule has 1 aromatic rings. The van der Waals surface area contributed by atoms with Gasteiger partial charge in [-0.1, -0.05) is 15.9 Å². The summed E-state index contributed by atoms with van der Waals surface area (Å²) in [6, 6.07) is 6.10. The van der Waals surface area contributed by atoms with Crippen LogP contribution in [0.4, 0.5) is 0 Å². The molecule has 0 amide bonds. The van der Waals surface area contributed by atoms with Crippen molar-refractivity contribution in [2.45, 2.75) is 19.3 Å². The average Bonchev–Trinajstić information content (AvgIpc) is 2.29. The zero-order valence-electron chi connectivity index (χ0n) is 8.67. The Morgan fingerprint density at radius 3 is 3.20 bits per heavy atom. The molecular formula is C12H15BrO2. The van der Waals surface area contributed by atoms with Gasteiger partial charge in [0.05, 0.1) is 13.2 Å². The molecule has 0 radical (unpaired) electrons. The van der Waals surface area contributed by atoms with E-state index in [0.717, 1.165) is 49.3 Å². The molecule has 0 fully saturated rings.